The second kappa shape index (κ2) is 12.0. The van der Waals surface area contributed by atoms with Crippen LogP contribution >= 0.6 is 0 Å². The Morgan fingerprint density at radius 2 is 1.66 bits per heavy atom. The SMILES string of the molecule is C=C(C(=O)c1ccc(S(=O)(=O)Nc2cc(C)on2)cc1)c1cc(-c2cc3ccccc3n2C)c(OC)cc1OC.[NaH]. The van der Waals surface area contributed by atoms with Gasteiger partial charge in [0.2, 0.25) is 0 Å². The predicted octanol–water partition coefficient (Wildman–Crippen LogP) is 5.21. The summed E-state index contributed by atoms with van der Waals surface area (Å²) in [4.78, 5) is 13.5. The normalized spacial score (nSPS) is 11.1. The van der Waals surface area contributed by atoms with Crippen LogP contribution in [0.3, 0.4) is 0 Å². The molecule has 0 spiro atoms. The number of benzene rings is 3. The molecule has 2 heterocycles. The van der Waals surface area contributed by atoms with E-state index in [4.69, 9.17) is 14.0 Å². The van der Waals surface area contributed by atoms with Gasteiger partial charge in [0.25, 0.3) is 10.0 Å². The fraction of sp³-hybridized carbons (Fsp3) is 0.133. The summed E-state index contributed by atoms with van der Waals surface area (Å²) in [5.74, 6) is 1.16. The summed E-state index contributed by atoms with van der Waals surface area (Å²) in [7, 11) is 1.13. The van der Waals surface area contributed by atoms with Crippen molar-refractivity contribution in [3.63, 3.8) is 0 Å². The maximum atomic E-state index is 13.5. The van der Waals surface area contributed by atoms with Crippen LogP contribution in [0, 0.1) is 6.92 Å². The molecule has 9 nitrogen and oxygen atoms in total. The molecular weight excluding hydrogens is 553 g/mol. The molecule has 206 valence electrons. The Bertz CT molecular complexity index is 1870. The van der Waals surface area contributed by atoms with Gasteiger partial charge >= 0.3 is 29.6 Å². The van der Waals surface area contributed by atoms with Crippen LogP contribution in [-0.2, 0) is 17.1 Å². The van der Waals surface area contributed by atoms with Crippen LogP contribution in [0.1, 0.15) is 21.7 Å². The number of aromatic nitrogens is 2. The van der Waals surface area contributed by atoms with Crippen LogP contribution in [0.25, 0.3) is 27.7 Å². The molecule has 0 aliphatic carbocycles. The summed E-state index contributed by atoms with van der Waals surface area (Å²) < 4.78 is 46.0. The van der Waals surface area contributed by atoms with Gasteiger partial charge in [0, 0.05) is 52.3 Å². The minimum atomic E-state index is -3.93. The molecule has 0 bridgehead atoms. The molecule has 5 rings (SSSR count). The number of hydrogen-bond donors (Lipinski definition) is 1. The monoisotopic (exact) mass is 581 g/mol. The first-order valence-corrected chi connectivity index (χ1v) is 13.7. The number of rotatable bonds is 9. The second-order valence-electron chi connectivity index (χ2n) is 9.16. The van der Waals surface area contributed by atoms with Crippen LogP contribution in [0.2, 0.25) is 0 Å². The molecule has 11 heteroatoms. The number of methoxy groups -OCH3 is 2. The molecular formula is C30H28N3NaO6S. The fourth-order valence-corrected chi connectivity index (χ4v) is 5.56. The van der Waals surface area contributed by atoms with Gasteiger partial charge in [0.05, 0.1) is 24.8 Å². The number of anilines is 1. The quantitative estimate of drug-likeness (QED) is 0.145. The van der Waals surface area contributed by atoms with E-state index in [9.17, 15) is 13.2 Å². The van der Waals surface area contributed by atoms with Crippen LogP contribution in [0.4, 0.5) is 5.82 Å². The van der Waals surface area contributed by atoms with Crippen molar-refractivity contribution in [3.05, 3.63) is 96.3 Å². The van der Waals surface area contributed by atoms with Crippen molar-refractivity contribution in [1.29, 1.82) is 0 Å². The molecule has 1 N–H and O–H groups in total. The zero-order valence-electron chi connectivity index (χ0n) is 22.4. The first-order chi connectivity index (χ1) is 19.1. The molecule has 0 saturated carbocycles. The molecule has 2 aromatic heterocycles. The van der Waals surface area contributed by atoms with Gasteiger partial charge < -0.3 is 18.6 Å². The molecule has 0 saturated heterocycles. The topological polar surface area (TPSA) is 113 Å². The van der Waals surface area contributed by atoms with Gasteiger partial charge in [-0.05, 0) is 49.4 Å². The van der Waals surface area contributed by atoms with E-state index in [1.807, 2.05) is 37.4 Å². The minimum absolute atomic E-state index is 0. The molecule has 41 heavy (non-hydrogen) atoms. The van der Waals surface area contributed by atoms with Crippen LogP contribution in [-0.4, -0.2) is 67.7 Å². The zero-order valence-corrected chi connectivity index (χ0v) is 23.2. The van der Waals surface area contributed by atoms with Crippen molar-refractivity contribution < 1.29 is 27.2 Å². The number of para-hydroxylation sites is 1. The summed E-state index contributed by atoms with van der Waals surface area (Å²) in [5, 5.41) is 4.72. The number of ether oxygens (including phenoxy) is 2. The Morgan fingerprint density at radius 3 is 2.27 bits per heavy atom. The number of carbonyl (C=O) groups excluding carboxylic acids is 1. The zero-order chi connectivity index (χ0) is 28.6. The van der Waals surface area contributed by atoms with Crippen molar-refractivity contribution in [1.82, 2.24) is 9.72 Å². The van der Waals surface area contributed by atoms with E-state index in [2.05, 4.69) is 27.1 Å². The third-order valence-corrected chi connectivity index (χ3v) is 8.01. The number of nitrogens with one attached hydrogen (secondary N) is 1. The fourth-order valence-electron chi connectivity index (χ4n) is 4.58. The van der Waals surface area contributed by atoms with Gasteiger partial charge in [-0.2, -0.15) is 0 Å². The number of ketones is 1. The Morgan fingerprint density at radius 1 is 0.976 bits per heavy atom. The number of hydrogen-bond acceptors (Lipinski definition) is 7. The first kappa shape index (κ1) is 30.1. The number of Topliss-reactive ketones (excluding diaryl/α,β-unsaturated/α-hetero) is 1. The van der Waals surface area contributed by atoms with E-state index in [1.165, 1.54) is 37.4 Å². The van der Waals surface area contributed by atoms with Gasteiger partial charge in [-0.3, -0.25) is 9.52 Å². The summed E-state index contributed by atoms with van der Waals surface area (Å²) in [5.41, 5.74) is 3.66. The summed E-state index contributed by atoms with van der Waals surface area (Å²) >= 11 is 0. The number of fused-ring (bicyclic) bond motifs is 1. The average molecular weight is 582 g/mol. The van der Waals surface area contributed by atoms with E-state index in [0.29, 0.717) is 22.8 Å². The van der Waals surface area contributed by atoms with E-state index in [1.54, 1.807) is 20.1 Å². The first-order valence-electron chi connectivity index (χ1n) is 12.2. The maximum absolute atomic E-state index is 13.5. The molecule has 0 atom stereocenters. The van der Waals surface area contributed by atoms with Gasteiger partial charge in [-0.1, -0.05) is 29.9 Å². The van der Waals surface area contributed by atoms with E-state index >= 15 is 0 Å². The molecule has 5 aromatic rings. The second-order valence-corrected chi connectivity index (χ2v) is 10.8. The third-order valence-electron chi connectivity index (χ3n) is 6.64. The molecule has 0 aliphatic rings. The van der Waals surface area contributed by atoms with E-state index in [0.717, 1.165) is 22.2 Å². The van der Waals surface area contributed by atoms with Crippen molar-refractivity contribution >= 4 is 67.7 Å². The van der Waals surface area contributed by atoms with Crippen LogP contribution < -0.4 is 14.2 Å². The van der Waals surface area contributed by atoms with E-state index < -0.39 is 10.0 Å². The molecule has 3 aromatic carbocycles. The molecule has 0 radical (unpaired) electrons. The number of nitrogens with zero attached hydrogens (tertiary/aromatic N) is 2. The van der Waals surface area contributed by atoms with Crippen molar-refractivity contribution in [2.75, 3.05) is 18.9 Å². The van der Waals surface area contributed by atoms with Gasteiger partial charge in [-0.25, -0.2) is 8.42 Å². The van der Waals surface area contributed by atoms with E-state index in [-0.39, 0.29) is 57.2 Å². The summed E-state index contributed by atoms with van der Waals surface area (Å²) in [6.07, 6.45) is 0. The van der Waals surface area contributed by atoms with Gasteiger partial charge in [0.15, 0.2) is 11.6 Å². The number of allylic oxidation sites excluding steroid dienone is 1. The van der Waals surface area contributed by atoms with Crippen molar-refractivity contribution in [3.8, 4) is 22.8 Å². The van der Waals surface area contributed by atoms with Crippen LogP contribution in [0.15, 0.2) is 88.8 Å². The standard InChI is InChI=1S/C30H27N3O6S.Na.H/c1-18-14-29(31-39-18)32-40(35,36)22-12-10-20(11-13-22)30(34)19(2)23-16-24(28(38-5)17-27(23)37-4)26-15-21-8-6-7-9-25(21)33(26)3;;/h6-17H,2H2,1,3-5H3,(H,31,32);;. The van der Waals surface area contributed by atoms with Crippen LogP contribution in [0.5, 0.6) is 11.5 Å². The Balaban J connectivity index is 0.00000387. The number of aryl methyl sites for hydroxylation is 2. The third kappa shape index (κ3) is 5.82. The van der Waals surface area contributed by atoms with Gasteiger partial charge in [0.1, 0.15) is 17.3 Å². The Hall–Kier alpha value is -3.83. The van der Waals surface area contributed by atoms with Gasteiger partial charge in [-0.15, -0.1) is 0 Å². The van der Waals surface area contributed by atoms with Crippen molar-refractivity contribution in [2.24, 2.45) is 7.05 Å². The molecule has 0 fully saturated rings. The average Bonchev–Trinajstić information content (AvgIpc) is 3.52. The van der Waals surface area contributed by atoms with Crippen molar-refractivity contribution in [2.45, 2.75) is 11.8 Å². The number of sulfonamides is 1. The predicted molar refractivity (Wildman–Crippen MR) is 160 cm³/mol. The molecule has 0 amide bonds. The number of carbonyl (C=O) groups is 1. The molecule has 0 unspecified atom stereocenters. The summed E-state index contributed by atoms with van der Waals surface area (Å²) in [6.45, 7) is 5.72. The Labute approximate surface area is 260 Å². The Kier molecular flexibility index (Phi) is 8.79. The molecule has 0 aliphatic heterocycles. The summed E-state index contributed by atoms with van der Waals surface area (Å²) in [6, 6.07) is 20.7.